The van der Waals surface area contributed by atoms with Crippen LogP contribution in [0, 0.1) is 0 Å². The van der Waals surface area contributed by atoms with E-state index in [0.29, 0.717) is 13.1 Å². The monoisotopic (exact) mass is 335 g/mol. The highest BCUT2D eigenvalue weighted by Gasteiger charge is 2.23. The molecule has 0 saturated carbocycles. The average Bonchev–Trinajstić information content (AvgIpc) is 2.52. The molecule has 0 aliphatic carbocycles. The predicted octanol–water partition coefficient (Wildman–Crippen LogP) is 3.17. The lowest BCUT2D eigenvalue weighted by Crippen LogP contribution is -2.41. The van der Waals surface area contributed by atoms with E-state index in [4.69, 9.17) is 9.47 Å². The second-order valence-corrected chi connectivity index (χ2v) is 6.73. The highest BCUT2D eigenvalue weighted by atomic mass is 16.6. The quantitative estimate of drug-likeness (QED) is 0.683. The minimum absolute atomic E-state index is 0.251. The second kappa shape index (κ2) is 9.42. The van der Waals surface area contributed by atoms with Crippen molar-refractivity contribution in [2.45, 2.75) is 59.3 Å². The number of hydrogen-bond donors (Lipinski definition) is 0. The first-order valence-electron chi connectivity index (χ1n) is 8.39. The van der Waals surface area contributed by atoms with E-state index in [1.807, 2.05) is 62.9 Å². The van der Waals surface area contributed by atoms with Crippen molar-refractivity contribution in [2.75, 3.05) is 13.1 Å². The summed E-state index contributed by atoms with van der Waals surface area (Å²) in [5.41, 5.74) is 0.462. The Hall–Kier alpha value is -1.88. The molecule has 5 heteroatoms. The SMILES string of the molecule is CCN(CCC(=O)OC(C)(C)C)[C@@H](C)C(=O)OCc1ccccc1. The maximum atomic E-state index is 12.2. The molecule has 5 nitrogen and oxygen atoms in total. The first kappa shape index (κ1) is 20.2. The Bertz CT molecular complexity index is 522. The number of hydrogen-bond acceptors (Lipinski definition) is 5. The molecule has 0 N–H and O–H groups in total. The van der Waals surface area contributed by atoms with Gasteiger partial charge in [-0.1, -0.05) is 37.3 Å². The number of ether oxygens (including phenoxy) is 2. The average molecular weight is 335 g/mol. The van der Waals surface area contributed by atoms with Gasteiger partial charge in [-0.3, -0.25) is 14.5 Å². The van der Waals surface area contributed by atoms with Crippen LogP contribution in [0.1, 0.15) is 46.6 Å². The fourth-order valence-electron chi connectivity index (χ4n) is 2.25. The van der Waals surface area contributed by atoms with Gasteiger partial charge in [0.2, 0.25) is 0 Å². The Kier molecular flexibility index (Phi) is 7.92. The normalized spacial score (nSPS) is 12.8. The van der Waals surface area contributed by atoms with Crippen LogP contribution in [0.5, 0.6) is 0 Å². The third-order valence-electron chi connectivity index (χ3n) is 3.54. The van der Waals surface area contributed by atoms with Crippen LogP contribution >= 0.6 is 0 Å². The van der Waals surface area contributed by atoms with Crippen molar-refractivity contribution >= 4 is 11.9 Å². The zero-order chi connectivity index (χ0) is 18.2. The van der Waals surface area contributed by atoms with Crippen LogP contribution in [-0.2, 0) is 25.7 Å². The highest BCUT2D eigenvalue weighted by molar-refractivity contribution is 5.75. The van der Waals surface area contributed by atoms with Crippen molar-refractivity contribution in [1.29, 1.82) is 0 Å². The number of carbonyl (C=O) groups is 2. The minimum Gasteiger partial charge on any atom is -0.460 e. The molecule has 0 unspecified atom stereocenters. The van der Waals surface area contributed by atoms with Crippen molar-refractivity contribution in [3.05, 3.63) is 35.9 Å². The molecule has 1 aromatic rings. The molecular weight excluding hydrogens is 306 g/mol. The summed E-state index contributed by atoms with van der Waals surface area (Å²) < 4.78 is 10.7. The van der Waals surface area contributed by atoms with Gasteiger partial charge < -0.3 is 9.47 Å². The van der Waals surface area contributed by atoms with Crippen LogP contribution in [0.15, 0.2) is 30.3 Å². The van der Waals surface area contributed by atoms with Crippen molar-refractivity contribution in [1.82, 2.24) is 4.90 Å². The van der Waals surface area contributed by atoms with Crippen molar-refractivity contribution in [2.24, 2.45) is 0 Å². The van der Waals surface area contributed by atoms with Gasteiger partial charge in [0.1, 0.15) is 18.2 Å². The third kappa shape index (κ3) is 7.59. The van der Waals surface area contributed by atoms with Crippen molar-refractivity contribution < 1.29 is 19.1 Å². The van der Waals surface area contributed by atoms with Crippen LogP contribution in [0.2, 0.25) is 0 Å². The molecule has 0 aliphatic rings. The smallest absolute Gasteiger partial charge is 0.323 e. The lowest BCUT2D eigenvalue weighted by atomic mass is 10.2. The highest BCUT2D eigenvalue weighted by Crippen LogP contribution is 2.10. The summed E-state index contributed by atoms with van der Waals surface area (Å²) >= 11 is 0. The zero-order valence-corrected chi connectivity index (χ0v) is 15.4. The first-order valence-corrected chi connectivity index (χ1v) is 8.39. The fourth-order valence-corrected chi connectivity index (χ4v) is 2.25. The van der Waals surface area contributed by atoms with Crippen molar-refractivity contribution in [3.8, 4) is 0 Å². The molecule has 0 bridgehead atoms. The Balaban J connectivity index is 2.45. The summed E-state index contributed by atoms with van der Waals surface area (Å²) in [6, 6.07) is 9.16. The molecule has 134 valence electrons. The number of likely N-dealkylation sites (N-methyl/N-ethyl adjacent to an activating group) is 1. The summed E-state index contributed by atoms with van der Waals surface area (Å²) in [4.78, 5) is 25.9. The van der Waals surface area contributed by atoms with E-state index in [1.165, 1.54) is 0 Å². The summed E-state index contributed by atoms with van der Waals surface area (Å²) in [6.07, 6.45) is 0.251. The van der Waals surface area contributed by atoms with Gasteiger partial charge in [-0.2, -0.15) is 0 Å². The molecule has 0 amide bonds. The van der Waals surface area contributed by atoms with Crippen LogP contribution in [-0.4, -0.2) is 41.6 Å². The topological polar surface area (TPSA) is 55.8 Å². The summed E-state index contributed by atoms with van der Waals surface area (Å²) in [5.74, 6) is -0.546. The van der Waals surface area contributed by atoms with E-state index in [0.717, 1.165) is 5.56 Å². The molecular formula is C19H29NO4. The van der Waals surface area contributed by atoms with E-state index < -0.39 is 11.6 Å². The molecule has 0 spiro atoms. The molecule has 1 atom stereocenters. The minimum atomic E-state index is -0.492. The molecule has 24 heavy (non-hydrogen) atoms. The van der Waals surface area contributed by atoms with Crippen LogP contribution in [0.3, 0.4) is 0 Å². The van der Waals surface area contributed by atoms with Gasteiger partial charge in [0.25, 0.3) is 0 Å². The zero-order valence-electron chi connectivity index (χ0n) is 15.4. The van der Waals surface area contributed by atoms with Crippen LogP contribution in [0.4, 0.5) is 0 Å². The molecule has 0 aromatic heterocycles. The molecule has 0 radical (unpaired) electrons. The molecule has 0 fully saturated rings. The van der Waals surface area contributed by atoms with Crippen LogP contribution in [0.25, 0.3) is 0 Å². The maximum Gasteiger partial charge on any atom is 0.323 e. The largest absolute Gasteiger partial charge is 0.460 e. The Morgan fingerprint density at radius 3 is 2.33 bits per heavy atom. The summed E-state index contributed by atoms with van der Waals surface area (Å²) in [6.45, 7) is 10.7. The van der Waals surface area contributed by atoms with Gasteiger partial charge in [-0.05, 0) is 39.8 Å². The predicted molar refractivity (Wildman–Crippen MR) is 93.4 cm³/mol. The Labute approximate surface area is 144 Å². The number of benzene rings is 1. The standard InChI is InChI=1S/C19H29NO4/c1-6-20(13-12-17(21)24-19(3,4)5)15(2)18(22)23-14-16-10-8-7-9-11-16/h7-11,15H,6,12-14H2,1-5H3/t15-/m0/s1. The van der Waals surface area contributed by atoms with E-state index in [9.17, 15) is 9.59 Å². The maximum absolute atomic E-state index is 12.2. The van der Waals surface area contributed by atoms with Gasteiger partial charge in [-0.25, -0.2) is 0 Å². The summed E-state index contributed by atoms with van der Waals surface area (Å²) in [7, 11) is 0. The Morgan fingerprint density at radius 2 is 1.79 bits per heavy atom. The third-order valence-corrected chi connectivity index (χ3v) is 3.54. The van der Waals surface area contributed by atoms with E-state index in [1.54, 1.807) is 6.92 Å². The van der Waals surface area contributed by atoms with E-state index >= 15 is 0 Å². The van der Waals surface area contributed by atoms with E-state index in [-0.39, 0.29) is 25.0 Å². The fraction of sp³-hybridized carbons (Fsp3) is 0.579. The molecule has 0 heterocycles. The van der Waals surface area contributed by atoms with Gasteiger partial charge in [0.15, 0.2) is 0 Å². The molecule has 0 saturated heterocycles. The number of carbonyl (C=O) groups excluding carboxylic acids is 2. The first-order chi connectivity index (χ1) is 11.2. The van der Waals surface area contributed by atoms with Crippen molar-refractivity contribution in [3.63, 3.8) is 0 Å². The van der Waals surface area contributed by atoms with Gasteiger partial charge in [0, 0.05) is 6.54 Å². The lowest BCUT2D eigenvalue weighted by molar-refractivity contribution is -0.157. The van der Waals surface area contributed by atoms with Gasteiger partial charge in [-0.15, -0.1) is 0 Å². The number of esters is 2. The van der Waals surface area contributed by atoms with Crippen LogP contribution < -0.4 is 0 Å². The van der Waals surface area contributed by atoms with Gasteiger partial charge in [0.05, 0.1) is 6.42 Å². The lowest BCUT2D eigenvalue weighted by Gasteiger charge is -2.26. The summed E-state index contributed by atoms with van der Waals surface area (Å²) in [5, 5.41) is 0. The second-order valence-electron chi connectivity index (χ2n) is 6.73. The molecule has 1 rings (SSSR count). The molecule has 1 aromatic carbocycles. The molecule has 0 aliphatic heterocycles. The number of nitrogens with zero attached hydrogens (tertiary/aromatic N) is 1. The number of rotatable bonds is 8. The Morgan fingerprint density at radius 1 is 1.17 bits per heavy atom. The van der Waals surface area contributed by atoms with Gasteiger partial charge >= 0.3 is 11.9 Å². The van der Waals surface area contributed by atoms with E-state index in [2.05, 4.69) is 0 Å².